The maximum atomic E-state index is 14.7. The zero-order chi connectivity index (χ0) is 69.8. The number of nitrogens with two attached hydrogens (primary N) is 1. The molecule has 0 radical (unpaired) electrons. The minimum atomic E-state index is -1.06. The van der Waals surface area contributed by atoms with Crippen molar-refractivity contribution in [1.82, 2.24) is 45.5 Å². The summed E-state index contributed by atoms with van der Waals surface area (Å²) in [5.74, 6) is -1.93. The molecule has 1 fully saturated rings. The van der Waals surface area contributed by atoms with Crippen LogP contribution in [0.5, 0.6) is 11.5 Å². The standard InChI is InChI=1S/C70H82ClN13O13S/c1-42-39-98-63-56(34-55-62(61(42)63)46(35-71)37-84(55)66(91)54-33-44-30-48(18-20-50(44)78-54)76-65(90)53-32-45-31-49(19-21-51(45)77-53)95-29-28-82-25-9-10-26-82)97-69(94)81(5)41-70(2,3)40-80(4)68(93)96-38-43-14-16-47(17-15-43)75-64(89)52(12-11-24-73-67(72)92)79-58(86)36-74-57(85)13-7-6-8-27-83-59(87)22-23-60(83)88/h14-23,30-34,39,46,52,77-78H,6-13,24-29,35-38,40-41H2,1-5H3,(H,74,85)(H,75,89)(H,76,90)(H,79,86)(H3,72,73,92). The topological polar surface area (TPSA) is 332 Å². The van der Waals surface area contributed by atoms with Gasteiger partial charge in [0.1, 0.15) is 36.4 Å². The monoisotopic (exact) mass is 1380 g/mol. The molecule has 7 aromatic rings. The van der Waals surface area contributed by atoms with Crippen LogP contribution in [0.4, 0.5) is 31.4 Å². The highest BCUT2D eigenvalue weighted by Gasteiger charge is 2.38. The van der Waals surface area contributed by atoms with Gasteiger partial charge in [-0.05, 0) is 141 Å². The number of primary amides is 1. The molecular weight excluding hydrogens is 1300 g/mol. The summed E-state index contributed by atoms with van der Waals surface area (Å²) in [6.45, 7) is 9.95. The maximum absolute atomic E-state index is 14.7. The number of urea groups is 1. The number of amides is 11. The predicted molar refractivity (Wildman–Crippen MR) is 374 cm³/mol. The van der Waals surface area contributed by atoms with Crippen LogP contribution in [-0.4, -0.2) is 181 Å². The van der Waals surface area contributed by atoms with Crippen LogP contribution in [0.25, 0.3) is 31.9 Å². The van der Waals surface area contributed by atoms with Gasteiger partial charge in [0.25, 0.3) is 23.6 Å². The molecule has 26 nitrogen and oxygen atoms in total. The fourth-order valence-corrected chi connectivity index (χ4v) is 13.8. The average Bonchev–Trinajstić information content (AvgIpc) is 1.58. The Morgan fingerprint density at radius 3 is 2.18 bits per heavy atom. The third kappa shape index (κ3) is 18.0. The van der Waals surface area contributed by atoms with E-state index in [0.717, 1.165) is 62.4 Å². The Balaban J connectivity index is 0.696. The number of rotatable bonds is 30. The number of fused-ring (bicyclic) bond motifs is 5. The Bertz CT molecular complexity index is 4180. The van der Waals surface area contributed by atoms with Gasteiger partial charge in [0.15, 0.2) is 5.75 Å². The second-order valence-electron chi connectivity index (χ2n) is 25.8. The average molecular weight is 1380 g/mol. The number of nitrogens with zero attached hydrogens (tertiary/aromatic N) is 5. The van der Waals surface area contributed by atoms with Crippen molar-refractivity contribution < 1.29 is 62.2 Å². The number of anilines is 3. The van der Waals surface area contributed by atoms with Crippen molar-refractivity contribution in [3.8, 4) is 11.5 Å². The molecule has 3 aliphatic rings. The number of aromatic nitrogens is 2. The number of hydrogen-bond donors (Lipinski definition) is 8. The van der Waals surface area contributed by atoms with Crippen molar-refractivity contribution in [2.75, 3.05) is 101 Å². The molecule has 0 aliphatic carbocycles. The molecule has 4 aromatic carbocycles. The number of carbonyl (C=O) groups is 10. The van der Waals surface area contributed by atoms with Crippen molar-refractivity contribution in [1.29, 1.82) is 0 Å². The number of ether oxygens (including phenoxy) is 3. The van der Waals surface area contributed by atoms with Crippen molar-refractivity contribution in [3.05, 3.63) is 124 Å². The van der Waals surface area contributed by atoms with Crippen LogP contribution in [0, 0.1) is 12.3 Å². The summed E-state index contributed by atoms with van der Waals surface area (Å²) in [5, 5.41) is 17.8. The molecule has 518 valence electrons. The van der Waals surface area contributed by atoms with Gasteiger partial charge in [0.05, 0.1) is 16.9 Å². The van der Waals surface area contributed by atoms with Crippen LogP contribution in [-0.2, 0) is 35.3 Å². The molecule has 2 atom stereocenters. The normalized spacial score (nSPS) is 14.8. The third-order valence-electron chi connectivity index (χ3n) is 17.4. The minimum Gasteiger partial charge on any atom is -0.492 e. The van der Waals surface area contributed by atoms with Gasteiger partial charge in [0.2, 0.25) is 17.7 Å². The van der Waals surface area contributed by atoms with E-state index in [-0.39, 0.29) is 106 Å². The van der Waals surface area contributed by atoms with E-state index in [4.69, 9.17) is 31.5 Å². The number of hydrogen-bond acceptors (Lipinski definition) is 15. The smallest absolute Gasteiger partial charge is 0.415 e. The largest absolute Gasteiger partial charge is 0.492 e. The summed E-state index contributed by atoms with van der Waals surface area (Å²) in [4.78, 5) is 144. The lowest BCUT2D eigenvalue weighted by molar-refractivity contribution is -0.137. The Morgan fingerprint density at radius 1 is 0.776 bits per heavy atom. The number of imide groups is 1. The van der Waals surface area contributed by atoms with Crippen LogP contribution in [0.1, 0.15) is 109 Å². The highest BCUT2D eigenvalue weighted by atomic mass is 35.5. The fourth-order valence-electron chi connectivity index (χ4n) is 12.6. The number of nitrogens with one attached hydrogen (secondary N) is 7. The SMILES string of the molecule is Cc1csc2c(OC(=O)N(C)CC(C)(C)CN(C)C(=O)OCc3ccc(NC(=O)C(CCCNC(N)=O)NC(=O)CNC(=O)CCCCCN4C(=O)C=CC4=O)cc3)cc3c(c12)C(CCl)CN3C(=O)c1cc2cc(NC(=O)c3cc4cc(OCCN5CCCC5)ccc4[nH]3)ccc2[nH]1. The van der Waals surface area contributed by atoms with Crippen LogP contribution < -0.4 is 46.7 Å². The summed E-state index contributed by atoms with van der Waals surface area (Å²) in [6.07, 6.45) is 5.66. The number of likely N-dealkylation sites (tertiary alicyclic amines) is 1. The molecule has 11 amide bonds. The fraction of sp³-hybridized carbons (Fsp3) is 0.400. The summed E-state index contributed by atoms with van der Waals surface area (Å²) in [7, 11) is 3.20. The molecule has 3 aromatic heterocycles. The molecule has 0 spiro atoms. The number of H-pyrrole nitrogens is 2. The number of carbonyl (C=O) groups excluding carboxylic acids is 10. The van der Waals surface area contributed by atoms with E-state index in [1.807, 2.05) is 50.4 Å². The van der Waals surface area contributed by atoms with E-state index in [2.05, 4.69) is 41.5 Å². The number of halogens is 1. The Labute approximate surface area is 575 Å². The zero-order valence-corrected chi connectivity index (χ0v) is 57.0. The first kappa shape index (κ1) is 70.8. The molecule has 2 unspecified atom stereocenters. The van der Waals surface area contributed by atoms with Crippen LogP contribution >= 0.6 is 22.9 Å². The van der Waals surface area contributed by atoms with Gasteiger partial charge in [0, 0.05) is 134 Å². The molecule has 10 rings (SSSR count). The lowest BCUT2D eigenvalue weighted by Gasteiger charge is -2.33. The number of unbranched alkanes of at least 4 members (excludes halogenated alkanes) is 2. The van der Waals surface area contributed by atoms with E-state index in [1.54, 1.807) is 73.6 Å². The van der Waals surface area contributed by atoms with Gasteiger partial charge in [-0.25, -0.2) is 14.4 Å². The Kier molecular flexibility index (Phi) is 23.1. The molecule has 0 bridgehead atoms. The van der Waals surface area contributed by atoms with E-state index in [0.29, 0.717) is 70.8 Å². The van der Waals surface area contributed by atoms with E-state index >= 15 is 0 Å². The molecule has 0 saturated carbocycles. The van der Waals surface area contributed by atoms with Gasteiger partial charge < -0.3 is 71.2 Å². The molecule has 9 N–H and O–H groups in total. The van der Waals surface area contributed by atoms with Crippen molar-refractivity contribution in [3.63, 3.8) is 0 Å². The summed E-state index contributed by atoms with van der Waals surface area (Å²) < 4.78 is 18.6. The third-order valence-corrected chi connectivity index (χ3v) is 18.8. The van der Waals surface area contributed by atoms with E-state index in [9.17, 15) is 47.9 Å². The lowest BCUT2D eigenvalue weighted by Crippen LogP contribution is -2.47. The molecule has 28 heteroatoms. The summed E-state index contributed by atoms with van der Waals surface area (Å²) >= 11 is 8.10. The maximum Gasteiger partial charge on any atom is 0.415 e. The zero-order valence-electron chi connectivity index (χ0n) is 55.4. The molecule has 6 heterocycles. The first-order chi connectivity index (χ1) is 47.0. The van der Waals surface area contributed by atoms with Gasteiger partial charge in [-0.3, -0.25) is 43.4 Å². The predicted octanol–water partition coefficient (Wildman–Crippen LogP) is 9.08. The number of aromatic amines is 2. The van der Waals surface area contributed by atoms with Gasteiger partial charge in [-0.15, -0.1) is 22.9 Å². The second kappa shape index (κ2) is 31.9. The van der Waals surface area contributed by atoms with Crippen molar-refractivity contribution in [2.45, 2.75) is 90.7 Å². The Morgan fingerprint density at radius 2 is 1.46 bits per heavy atom. The van der Waals surface area contributed by atoms with Gasteiger partial charge in [-0.2, -0.15) is 0 Å². The van der Waals surface area contributed by atoms with Gasteiger partial charge in [-0.1, -0.05) is 32.4 Å². The van der Waals surface area contributed by atoms with Crippen LogP contribution in [0.2, 0.25) is 0 Å². The molecule has 98 heavy (non-hydrogen) atoms. The lowest BCUT2D eigenvalue weighted by atomic mass is 9.92. The summed E-state index contributed by atoms with van der Waals surface area (Å²) in [5.41, 5.74) is 10.6. The second-order valence-corrected chi connectivity index (χ2v) is 26.9. The quantitative estimate of drug-likeness (QED) is 0.0118. The first-order valence-electron chi connectivity index (χ1n) is 32.7. The van der Waals surface area contributed by atoms with Gasteiger partial charge >= 0.3 is 18.2 Å². The van der Waals surface area contributed by atoms with Crippen molar-refractivity contribution >= 4 is 131 Å². The number of thiophene rings is 1. The van der Waals surface area contributed by atoms with Crippen molar-refractivity contribution in [2.24, 2.45) is 11.1 Å². The highest BCUT2D eigenvalue weighted by Crippen LogP contribution is 2.49. The van der Waals surface area contributed by atoms with Crippen LogP contribution in [0.3, 0.4) is 0 Å². The number of aryl methyl sites for hydroxylation is 1. The highest BCUT2D eigenvalue weighted by molar-refractivity contribution is 7.17. The van der Waals surface area contributed by atoms with E-state index in [1.165, 1.54) is 46.1 Å². The number of benzene rings is 4. The number of alkyl halides is 1. The Hall–Kier alpha value is -9.99. The molecule has 3 aliphatic heterocycles. The van der Waals surface area contributed by atoms with Crippen LogP contribution in [0.15, 0.2) is 96.4 Å². The molecular formula is C70H82ClN13O13S. The van der Waals surface area contributed by atoms with E-state index < -0.39 is 48.0 Å². The summed E-state index contributed by atoms with van der Waals surface area (Å²) in [6, 6.07) is 21.1. The molecule has 1 saturated heterocycles. The minimum absolute atomic E-state index is 0.109. The first-order valence-corrected chi connectivity index (χ1v) is 34.1.